The molecule has 0 saturated heterocycles. The maximum absolute atomic E-state index is 5.05. The van der Waals surface area contributed by atoms with Gasteiger partial charge in [-0.2, -0.15) is 10.2 Å². The van der Waals surface area contributed by atoms with Crippen LogP contribution < -0.4 is 0 Å². The lowest BCUT2D eigenvalue weighted by Crippen LogP contribution is -2.04. The Balaban J connectivity index is 1.67. The van der Waals surface area contributed by atoms with Crippen molar-refractivity contribution >= 4 is 10.9 Å². The monoisotopic (exact) mass is 327 g/mol. The maximum atomic E-state index is 5.05. The number of pyridine rings is 1. The first kappa shape index (κ1) is 13.4. The molecule has 5 heteroatoms. The minimum absolute atomic E-state index is 0.652. The normalized spacial score (nSPS) is 21.1. The van der Waals surface area contributed by atoms with Crippen LogP contribution in [-0.4, -0.2) is 25.4 Å². The Bertz CT molecular complexity index is 1080. The van der Waals surface area contributed by atoms with Crippen molar-refractivity contribution in [2.75, 3.05) is 0 Å². The van der Waals surface area contributed by atoms with Gasteiger partial charge in [-0.1, -0.05) is 6.07 Å². The number of rotatable bonds is 2. The summed E-state index contributed by atoms with van der Waals surface area (Å²) in [6.07, 6.45) is 11.5. The largest absolute Gasteiger partial charge is 0.285 e. The molecule has 2 aliphatic carbocycles. The zero-order valence-electron chi connectivity index (χ0n) is 13.7. The fraction of sp³-hybridized carbons (Fsp3) is 0.250. The van der Waals surface area contributed by atoms with Crippen molar-refractivity contribution in [3.63, 3.8) is 0 Å². The van der Waals surface area contributed by atoms with E-state index in [2.05, 4.69) is 38.6 Å². The summed E-state index contributed by atoms with van der Waals surface area (Å²) in [6, 6.07) is 6.58. The first-order valence-corrected chi connectivity index (χ1v) is 8.84. The lowest BCUT2D eigenvalue weighted by atomic mass is 9.86. The molecule has 2 atom stereocenters. The number of hydrogen-bond acceptors (Lipinski definition) is 3. The Hall–Kier alpha value is -2.95. The molecule has 2 bridgehead atoms. The highest BCUT2D eigenvalue weighted by Gasteiger charge is 2.40. The number of aromatic nitrogens is 5. The van der Waals surface area contributed by atoms with Crippen molar-refractivity contribution in [1.29, 1.82) is 0 Å². The Morgan fingerprint density at radius 3 is 2.36 bits per heavy atom. The van der Waals surface area contributed by atoms with Gasteiger partial charge in [0.05, 0.1) is 23.6 Å². The molecule has 2 N–H and O–H groups in total. The summed E-state index contributed by atoms with van der Waals surface area (Å²) in [7, 11) is 0. The lowest BCUT2D eigenvalue weighted by Gasteiger charge is -2.20. The fourth-order valence-electron chi connectivity index (χ4n) is 4.85. The molecule has 4 aromatic rings. The number of nitrogens with zero attached hydrogens (tertiary/aromatic N) is 3. The second-order valence-electron chi connectivity index (χ2n) is 7.20. The van der Waals surface area contributed by atoms with Gasteiger partial charge in [-0.05, 0) is 59.9 Å². The van der Waals surface area contributed by atoms with Crippen LogP contribution in [-0.2, 0) is 0 Å². The smallest absolute Gasteiger partial charge is 0.0778 e. The average Bonchev–Trinajstić information content (AvgIpc) is 3.46. The van der Waals surface area contributed by atoms with Crippen molar-refractivity contribution in [2.24, 2.45) is 0 Å². The minimum Gasteiger partial charge on any atom is -0.285 e. The molecule has 1 saturated carbocycles. The zero-order chi connectivity index (χ0) is 16.4. The highest BCUT2D eigenvalue weighted by molar-refractivity contribution is 5.92. The van der Waals surface area contributed by atoms with Gasteiger partial charge < -0.3 is 0 Å². The molecular weight excluding hydrogens is 310 g/mol. The van der Waals surface area contributed by atoms with Gasteiger partial charge in [0, 0.05) is 28.9 Å². The second-order valence-corrected chi connectivity index (χ2v) is 7.20. The van der Waals surface area contributed by atoms with E-state index in [4.69, 9.17) is 4.98 Å². The number of H-pyrrole nitrogens is 2. The summed E-state index contributed by atoms with van der Waals surface area (Å²) >= 11 is 0. The van der Waals surface area contributed by atoms with Gasteiger partial charge in [0.2, 0.25) is 0 Å². The van der Waals surface area contributed by atoms with Crippen LogP contribution in [0.5, 0.6) is 0 Å². The van der Waals surface area contributed by atoms with Crippen molar-refractivity contribution in [3.05, 3.63) is 54.1 Å². The first-order valence-electron chi connectivity index (χ1n) is 8.84. The summed E-state index contributed by atoms with van der Waals surface area (Å²) < 4.78 is 0. The van der Waals surface area contributed by atoms with Gasteiger partial charge in [-0.3, -0.25) is 10.2 Å². The van der Waals surface area contributed by atoms with Gasteiger partial charge in [0.1, 0.15) is 0 Å². The molecule has 25 heavy (non-hydrogen) atoms. The minimum atomic E-state index is 0.652. The van der Waals surface area contributed by atoms with Gasteiger partial charge >= 0.3 is 0 Å². The Kier molecular flexibility index (Phi) is 2.56. The standard InChI is InChI=1S/C20H17N5/c1-2-13-5-12(1)18-16-6-11(14-7-21-22-8-14)3-4-17(16)25-20(19(13)18)15-9-23-24-10-15/h3-4,6-10,12-13H,1-2,5H2,(H,21,22)(H,23,24). The number of benzene rings is 1. The molecular formula is C20H17N5. The van der Waals surface area contributed by atoms with Crippen molar-refractivity contribution in [3.8, 4) is 22.4 Å². The second kappa shape index (κ2) is 4.79. The van der Waals surface area contributed by atoms with E-state index >= 15 is 0 Å². The summed E-state index contributed by atoms with van der Waals surface area (Å²) in [5, 5.41) is 15.4. The van der Waals surface area contributed by atoms with E-state index < -0.39 is 0 Å². The van der Waals surface area contributed by atoms with E-state index in [1.165, 1.54) is 41.3 Å². The van der Waals surface area contributed by atoms with Crippen molar-refractivity contribution in [1.82, 2.24) is 25.4 Å². The van der Waals surface area contributed by atoms with E-state index in [0.717, 1.165) is 22.3 Å². The molecule has 0 aliphatic heterocycles. The molecule has 1 aromatic carbocycles. The van der Waals surface area contributed by atoms with E-state index in [9.17, 15) is 0 Å². The highest BCUT2D eigenvalue weighted by atomic mass is 15.1. The van der Waals surface area contributed by atoms with Gasteiger partial charge in [0.15, 0.2) is 0 Å². The predicted octanol–water partition coefficient (Wildman–Crippen LogP) is 4.38. The van der Waals surface area contributed by atoms with Crippen LogP contribution >= 0.6 is 0 Å². The molecule has 122 valence electrons. The zero-order valence-corrected chi connectivity index (χ0v) is 13.7. The van der Waals surface area contributed by atoms with Gasteiger partial charge in [-0.15, -0.1) is 0 Å². The van der Waals surface area contributed by atoms with Crippen LogP contribution in [0.25, 0.3) is 33.3 Å². The summed E-state index contributed by atoms with van der Waals surface area (Å²) in [4.78, 5) is 5.05. The molecule has 3 aromatic heterocycles. The predicted molar refractivity (Wildman–Crippen MR) is 96.2 cm³/mol. The first-order chi connectivity index (χ1) is 12.4. The third-order valence-corrected chi connectivity index (χ3v) is 5.92. The number of aromatic amines is 2. The fourth-order valence-corrected chi connectivity index (χ4v) is 4.85. The van der Waals surface area contributed by atoms with E-state index in [1.807, 2.05) is 24.8 Å². The molecule has 5 nitrogen and oxygen atoms in total. The number of nitrogens with one attached hydrogen (secondary N) is 2. The van der Waals surface area contributed by atoms with Gasteiger partial charge in [0.25, 0.3) is 0 Å². The quantitative estimate of drug-likeness (QED) is 0.574. The lowest BCUT2D eigenvalue weighted by molar-refractivity contribution is 0.720. The number of fused-ring (bicyclic) bond motifs is 7. The highest BCUT2D eigenvalue weighted by Crippen LogP contribution is 2.57. The molecule has 1 fully saturated rings. The summed E-state index contributed by atoms with van der Waals surface area (Å²) in [5.41, 5.74) is 8.62. The van der Waals surface area contributed by atoms with E-state index in [0.29, 0.717) is 11.8 Å². The van der Waals surface area contributed by atoms with Crippen LogP contribution in [0.2, 0.25) is 0 Å². The molecule has 0 amide bonds. The topological polar surface area (TPSA) is 70.2 Å². The molecule has 6 rings (SSSR count). The number of hydrogen-bond donors (Lipinski definition) is 2. The molecule has 3 heterocycles. The van der Waals surface area contributed by atoms with E-state index in [1.54, 1.807) is 0 Å². The maximum Gasteiger partial charge on any atom is 0.0778 e. The average molecular weight is 327 g/mol. The Morgan fingerprint density at radius 1 is 0.840 bits per heavy atom. The summed E-state index contributed by atoms with van der Waals surface area (Å²) in [5.74, 6) is 1.33. The SMILES string of the molecule is c1cc2nc(-c3cn[nH]c3)c3c(c2cc1-c1cn[nH]c1)C1CCC3C1. The van der Waals surface area contributed by atoms with Crippen molar-refractivity contribution < 1.29 is 0 Å². The van der Waals surface area contributed by atoms with Crippen molar-refractivity contribution in [2.45, 2.75) is 31.1 Å². The molecule has 0 spiro atoms. The van der Waals surface area contributed by atoms with Crippen LogP contribution in [0.4, 0.5) is 0 Å². The molecule has 2 aliphatic rings. The third kappa shape index (κ3) is 1.81. The third-order valence-electron chi connectivity index (χ3n) is 5.92. The van der Waals surface area contributed by atoms with E-state index in [-0.39, 0.29) is 0 Å². The van der Waals surface area contributed by atoms with Crippen LogP contribution in [0.15, 0.2) is 43.0 Å². The van der Waals surface area contributed by atoms with Crippen LogP contribution in [0.3, 0.4) is 0 Å². The van der Waals surface area contributed by atoms with Gasteiger partial charge in [-0.25, -0.2) is 4.98 Å². The van der Waals surface area contributed by atoms with Crippen LogP contribution in [0, 0.1) is 0 Å². The molecule has 0 radical (unpaired) electrons. The van der Waals surface area contributed by atoms with Crippen LogP contribution in [0.1, 0.15) is 42.2 Å². The molecule has 2 unspecified atom stereocenters. The Labute approximate surface area is 144 Å². The summed E-state index contributed by atoms with van der Waals surface area (Å²) in [6.45, 7) is 0. The Morgan fingerprint density at radius 2 is 1.60 bits per heavy atom.